The molecule has 1 aromatic rings. The van der Waals surface area contributed by atoms with Crippen LogP contribution in [0.25, 0.3) is 0 Å². The Bertz CT molecular complexity index is 560. The summed E-state index contributed by atoms with van der Waals surface area (Å²) in [6.07, 6.45) is 4.69. The van der Waals surface area contributed by atoms with Crippen LogP contribution in [0.5, 0.6) is 0 Å². The number of carbonyl (C=O) groups excluding carboxylic acids is 1. The van der Waals surface area contributed by atoms with Gasteiger partial charge < -0.3 is 10.0 Å². The third-order valence-corrected chi connectivity index (χ3v) is 5.68. The number of rotatable bonds is 1. The summed E-state index contributed by atoms with van der Waals surface area (Å²) in [5.41, 5.74) is 1.43. The number of nitrogens with zero attached hydrogens (tertiary/aromatic N) is 1. The topological polar surface area (TPSA) is 40.5 Å². The highest BCUT2D eigenvalue weighted by Gasteiger charge is 2.45. The lowest BCUT2D eigenvalue weighted by molar-refractivity contribution is -0.00535. The Morgan fingerprint density at radius 3 is 2.86 bits per heavy atom. The van der Waals surface area contributed by atoms with Crippen LogP contribution in [0.4, 0.5) is 0 Å². The number of benzene rings is 1. The van der Waals surface area contributed by atoms with E-state index >= 15 is 0 Å². The van der Waals surface area contributed by atoms with Gasteiger partial charge in [0.25, 0.3) is 5.91 Å². The number of amides is 1. The van der Waals surface area contributed by atoms with Crippen molar-refractivity contribution in [1.82, 2.24) is 4.90 Å². The molecule has 21 heavy (non-hydrogen) atoms. The minimum Gasteiger partial charge on any atom is -0.392 e. The second-order valence-corrected chi connectivity index (χ2v) is 6.92. The average molecular weight is 308 g/mol. The van der Waals surface area contributed by atoms with Gasteiger partial charge in [-0.05, 0) is 44.2 Å². The van der Waals surface area contributed by atoms with Crippen LogP contribution in [0.15, 0.2) is 18.2 Å². The Hall–Kier alpha value is -1.06. The smallest absolute Gasteiger partial charge is 0.255 e. The zero-order valence-corrected chi connectivity index (χ0v) is 13.2. The van der Waals surface area contributed by atoms with Crippen LogP contribution in [-0.2, 0) is 0 Å². The largest absolute Gasteiger partial charge is 0.392 e. The van der Waals surface area contributed by atoms with Gasteiger partial charge in [-0.1, -0.05) is 30.2 Å². The highest BCUT2D eigenvalue weighted by atomic mass is 35.5. The lowest BCUT2D eigenvalue weighted by Gasteiger charge is -2.42. The average Bonchev–Trinajstić information content (AvgIpc) is 2.82. The molecule has 1 aliphatic heterocycles. The highest BCUT2D eigenvalue weighted by Crippen LogP contribution is 2.45. The molecule has 1 aromatic carbocycles. The first-order valence-electron chi connectivity index (χ1n) is 7.76. The minimum atomic E-state index is -0.263. The number of piperidine rings is 1. The molecule has 0 aromatic heterocycles. The predicted octanol–water partition coefficient (Wildman–Crippen LogP) is 3.42. The normalized spacial score (nSPS) is 29.1. The van der Waals surface area contributed by atoms with Gasteiger partial charge in [0.1, 0.15) is 0 Å². The van der Waals surface area contributed by atoms with Crippen LogP contribution >= 0.6 is 11.6 Å². The quantitative estimate of drug-likeness (QED) is 0.863. The summed E-state index contributed by atoms with van der Waals surface area (Å²) in [5, 5.41) is 10.9. The van der Waals surface area contributed by atoms with Crippen molar-refractivity contribution in [2.45, 2.75) is 45.1 Å². The van der Waals surface area contributed by atoms with Gasteiger partial charge >= 0.3 is 0 Å². The first-order chi connectivity index (χ1) is 10.0. The molecule has 4 heteroatoms. The second-order valence-electron chi connectivity index (χ2n) is 6.54. The molecule has 1 aliphatic carbocycles. The van der Waals surface area contributed by atoms with Crippen molar-refractivity contribution in [3.05, 3.63) is 34.3 Å². The van der Waals surface area contributed by atoms with Crippen molar-refractivity contribution in [3.8, 4) is 0 Å². The van der Waals surface area contributed by atoms with Gasteiger partial charge in [-0.15, -0.1) is 0 Å². The molecule has 1 spiro atoms. The Kier molecular flexibility index (Phi) is 3.98. The van der Waals surface area contributed by atoms with Crippen LogP contribution in [-0.4, -0.2) is 35.1 Å². The summed E-state index contributed by atoms with van der Waals surface area (Å²) in [7, 11) is 0. The maximum absolute atomic E-state index is 12.8. The number of halogens is 1. The van der Waals surface area contributed by atoms with E-state index in [0.29, 0.717) is 17.1 Å². The summed E-state index contributed by atoms with van der Waals surface area (Å²) >= 11 is 6.29. The lowest BCUT2D eigenvalue weighted by Crippen LogP contribution is -2.49. The van der Waals surface area contributed by atoms with Crippen molar-refractivity contribution < 1.29 is 9.90 Å². The molecule has 1 amide bonds. The van der Waals surface area contributed by atoms with Crippen molar-refractivity contribution in [2.75, 3.05) is 13.1 Å². The number of carbonyl (C=O) groups is 1. The number of aryl methyl sites for hydroxylation is 1. The van der Waals surface area contributed by atoms with E-state index in [1.54, 1.807) is 6.07 Å². The van der Waals surface area contributed by atoms with Gasteiger partial charge in [0, 0.05) is 18.5 Å². The first-order valence-corrected chi connectivity index (χ1v) is 8.14. The Balaban J connectivity index is 1.83. The number of aliphatic hydroxyl groups is 1. The number of likely N-dealkylation sites (tertiary alicyclic amines) is 1. The van der Waals surface area contributed by atoms with Gasteiger partial charge in [0.05, 0.1) is 16.7 Å². The van der Waals surface area contributed by atoms with Crippen LogP contribution in [0, 0.1) is 12.3 Å². The molecule has 2 atom stereocenters. The summed E-state index contributed by atoms with van der Waals surface area (Å²) in [6, 6.07) is 5.58. The number of aliphatic hydroxyl groups excluding tert-OH is 1. The first kappa shape index (κ1) is 14.9. The van der Waals surface area contributed by atoms with E-state index in [-0.39, 0.29) is 17.4 Å². The van der Waals surface area contributed by atoms with Crippen LogP contribution in [0.2, 0.25) is 5.02 Å². The standard InChI is InChI=1S/C17H22ClNO2/c1-12-5-2-6-13(15(12)18)16(21)19-10-4-9-17(11-19)8-3-7-14(17)20/h2,5-6,14,20H,3-4,7-11H2,1H3/t14-,17-/m1/s1. The molecule has 114 valence electrons. The molecule has 3 nitrogen and oxygen atoms in total. The van der Waals surface area contributed by atoms with Crippen LogP contribution < -0.4 is 0 Å². The molecule has 0 bridgehead atoms. The SMILES string of the molecule is Cc1cccc(C(=O)N2CCC[C@]3(CCC[C@H]3O)C2)c1Cl. The number of hydrogen-bond acceptors (Lipinski definition) is 2. The molecular weight excluding hydrogens is 286 g/mol. The Morgan fingerprint density at radius 2 is 2.14 bits per heavy atom. The zero-order valence-electron chi connectivity index (χ0n) is 12.4. The molecule has 2 aliphatic rings. The van der Waals surface area contributed by atoms with E-state index in [0.717, 1.165) is 44.2 Å². The van der Waals surface area contributed by atoms with Crippen molar-refractivity contribution in [3.63, 3.8) is 0 Å². The predicted molar refractivity (Wildman–Crippen MR) is 83.6 cm³/mol. The van der Waals surface area contributed by atoms with E-state index in [1.165, 1.54) is 0 Å². The maximum Gasteiger partial charge on any atom is 0.255 e. The van der Waals surface area contributed by atoms with Crippen molar-refractivity contribution in [1.29, 1.82) is 0 Å². The summed E-state index contributed by atoms with van der Waals surface area (Å²) in [4.78, 5) is 14.7. The monoisotopic (exact) mass is 307 g/mol. The van der Waals surface area contributed by atoms with E-state index in [2.05, 4.69) is 0 Å². The molecule has 1 heterocycles. The van der Waals surface area contributed by atoms with E-state index in [1.807, 2.05) is 24.0 Å². The van der Waals surface area contributed by atoms with E-state index in [9.17, 15) is 9.90 Å². The van der Waals surface area contributed by atoms with Gasteiger partial charge in [-0.3, -0.25) is 4.79 Å². The van der Waals surface area contributed by atoms with Gasteiger partial charge in [-0.2, -0.15) is 0 Å². The van der Waals surface area contributed by atoms with Gasteiger partial charge in [-0.25, -0.2) is 0 Å². The zero-order chi connectivity index (χ0) is 15.0. The molecule has 2 fully saturated rings. The van der Waals surface area contributed by atoms with E-state index in [4.69, 9.17) is 11.6 Å². The fourth-order valence-corrected chi connectivity index (χ4v) is 4.12. The van der Waals surface area contributed by atoms with E-state index < -0.39 is 0 Å². The van der Waals surface area contributed by atoms with Gasteiger partial charge in [0.2, 0.25) is 0 Å². The molecule has 0 unspecified atom stereocenters. The third kappa shape index (κ3) is 2.58. The molecule has 0 radical (unpaired) electrons. The molecular formula is C17H22ClNO2. The molecule has 1 saturated carbocycles. The van der Waals surface area contributed by atoms with Gasteiger partial charge in [0.15, 0.2) is 0 Å². The molecule has 3 rings (SSSR count). The lowest BCUT2D eigenvalue weighted by atomic mass is 9.76. The summed E-state index contributed by atoms with van der Waals surface area (Å²) < 4.78 is 0. The molecule has 1 saturated heterocycles. The minimum absolute atomic E-state index is 0.00174. The fraction of sp³-hybridized carbons (Fsp3) is 0.588. The number of hydrogen-bond donors (Lipinski definition) is 1. The maximum atomic E-state index is 12.8. The highest BCUT2D eigenvalue weighted by molar-refractivity contribution is 6.34. The Morgan fingerprint density at radius 1 is 1.38 bits per heavy atom. The van der Waals surface area contributed by atoms with Crippen LogP contribution in [0.1, 0.15) is 48.0 Å². The van der Waals surface area contributed by atoms with Crippen molar-refractivity contribution >= 4 is 17.5 Å². The van der Waals surface area contributed by atoms with Crippen molar-refractivity contribution in [2.24, 2.45) is 5.41 Å². The summed E-state index contributed by atoms with van der Waals surface area (Å²) in [5.74, 6) is 0.00174. The fourth-order valence-electron chi connectivity index (χ4n) is 3.91. The Labute approximate surface area is 130 Å². The van der Waals surface area contributed by atoms with Crippen LogP contribution in [0.3, 0.4) is 0 Å². The summed E-state index contributed by atoms with van der Waals surface area (Å²) in [6.45, 7) is 3.34. The molecule has 1 N–H and O–H groups in total. The second kappa shape index (κ2) is 5.62. The third-order valence-electron chi connectivity index (χ3n) is 5.18.